The van der Waals surface area contributed by atoms with Crippen LogP contribution < -0.4 is 5.32 Å². The van der Waals surface area contributed by atoms with Crippen molar-refractivity contribution in [1.29, 1.82) is 0 Å². The lowest BCUT2D eigenvalue weighted by molar-refractivity contribution is 0.0741. The predicted octanol–water partition coefficient (Wildman–Crippen LogP) is 0.869. The molecule has 0 bridgehead atoms. The third-order valence-corrected chi connectivity index (χ3v) is 5.52. The SMILES string of the molecule is CN(C(=O)c1cccc(C(=O)NC(C)(C)C)n1)C1CCS(=O)(=O)C1. The highest BCUT2D eigenvalue weighted by molar-refractivity contribution is 7.91. The van der Waals surface area contributed by atoms with Crippen molar-refractivity contribution in [2.45, 2.75) is 38.8 Å². The van der Waals surface area contributed by atoms with Crippen molar-refractivity contribution >= 4 is 21.7 Å². The minimum absolute atomic E-state index is 0.0283. The van der Waals surface area contributed by atoms with Crippen molar-refractivity contribution in [1.82, 2.24) is 15.2 Å². The average Bonchev–Trinajstić information content (AvgIpc) is 2.84. The molecule has 1 aliphatic heterocycles. The average molecular weight is 353 g/mol. The molecule has 1 aromatic heterocycles. The van der Waals surface area contributed by atoms with Crippen LogP contribution in [0.2, 0.25) is 0 Å². The maximum atomic E-state index is 12.5. The Kier molecular flexibility index (Phi) is 4.98. The highest BCUT2D eigenvalue weighted by Crippen LogP contribution is 2.18. The van der Waals surface area contributed by atoms with Crippen LogP contribution in [-0.4, -0.2) is 60.3 Å². The third kappa shape index (κ3) is 4.53. The second-order valence-electron chi connectivity index (χ2n) is 7.09. The van der Waals surface area contributed by atoms with E-state index in [0.29, 0.717) is 6.42 Å². The van der Waals surface area contributed by atoms with Crippen molar-refractivity contribution < 1.29 is 18.0 Å². The number of hydrogen-bond acceptors (Lipinski definition) is 5. The van der Waals surface area contributed by atoms with E-state index < -0.39 is 15.4 Å². The normalized spacial score (nSPS) is 19.8. The Morgan fingerprint density at radius 1 is 1.25 bits per heavy atom. The van der Waals surface area contributed by atoms with E-state index in [2.05, 4.69) is 10.3 Å². The summed E-state index contributed by atoms with van der Waals surface area (Å²) in [5.74, 6) is -0.679. The molecular formula is C16H23N3O4S. The molecule has 1 saturated heterocycles. The summed E-state index contributed by atoms with van der Waals surface area (Å²) in [4.78, 5) is 30.2. The van der Waals surface area contributed by atoms with Crippen LogP contribution in [0.5, 0.6) is 0 Å². The van der Waals surface area contributed by atoms with Gasteiger partial charge in [0.1, 0.15) is 11.4 Å². The van der Waals surface area contributed by atoms with Crippen LogP contribution in [0, 0.1) is 0 Å². The fourth-order valence-corrected chi connectivity index (χ4v) is 4.29. The van der Waals surface area contributed by atoms with E-state index in [1.54, 1.807) is 13.1 Å². The number of hydrogen-bond donors (Lipinski definition) is 1. The van der Waals surface area contributed by atoms with E-state index in [1.165, 1.54) is 17.0 Å². The number of sulfone groups is 1. The molecule has 8 heteroatoms. The molecule has 132 valence electrons. The number of carbonyl (C=O) groups excluding carboxylic acids is 2. The van der Waals surface area contributed by atoms with Gasteiger partial charge in [0, 0.05) is 18.6 Å². The summed E-state index contributed by atoms with van der Waals surface area (Å²) >= 11 is 0. The van der Waals surface area contributed by atoms with E-state index in [9.17, 15) is 18.0 Å². The van der Waals surface area contributed by atoms with E-state index in [0.717, 1.165) is 0 Å². The van der Waals surface area contributed by atoms with Crippen molar-refractivity contribution in [3.63, 3.8) is 0 Å². The van der Waals surface area contributed by atoms with Crippen molar-refractivity contribution in [2.24, 2.45) is 0 Å². The molecule has 2 rings (SSSR count). The summed E-state index contributed by atoms with van der Waals surface area (Å²) in [6.45, 7) is 5.57. The van der Waals surface area contributed by atoms with E-state index in [4.69, 9.17) is 0 Å². The van der Waals surface area contributed by atoms with Crippen LogP contribution in [0.25, 0.3) is 0 Å². The molecule has 2 amide bonds. The van der Waals surface area contributed by atoms with E-state index in [-0.39, 0.29) is 40.7 Å². The number of rotatable bonds is 3. The van der Waals surface area contributed by atoms with Gasteiger partial charge in [-0.1, -0.05) is 6.07 Å². The van der Waals surface area contributed by atoms with Gasteiger partial charge in [-0.25, -0.2) is 13.4 Å². The Morgan fingerprint density at radius 2 is 1.88 bits per heavy atom. The van der Waals surface area contributed by atoms with Gasteiger partial charge < -0.3 is 10.2 Å². The number of carbonyl (C=O) groups is 2. The molecular weight excluding hydrogens is 330 g/mol. The molecule has 2 heterocycles. The van der Waals surface area contributed by atoms with Crippen LogP contribution >= 0.6 is 0 Å². The Bertz CT molecular complexity index is 753. The molecule has 0 radical (unpaired) electrons. The molecule has 1 fully saturated rings. The number of amides is 2. The first-order valence-electron chi connectivity index (χ1n) is 7.76. The zero-order chi connectivity index (χ0) is 18.1. The fraction of sp³-hybridized carbons (Fsp3) is 0.562. The lowest BCUT2D eigenvalue weighted by Crippen LogP contribution is -2.41. The van der Waals surface area contributed by atoms with Gasteiger partial charge in [-0.15, -0.1) is 0 Å². The van der Waals surface area contributed by atoms with Gasteiger partial charge in [0.05, 0.1) is 11.5 Å². The Labute approximate surface area is 142 Å². The molecule has 1 unspecified atom stereocenters. The van der Waals surface area contributed by atoms with E-state index >= 15 is 0 Å². The van der Waals surface area contributed by atoms with Crippen LogP contribution in [0.1, 0.15) is 48.2 Å². The molecule has 1 atom stereocenters. The minimum atomic E-state index is -3.08. The van der Waals surface area contributed by atoms with Gasteiger partial charge in [0.2, 0.25) is 0 Å². The largest absolute Gasteiger partial charge is 0.346 e. The molecule has 0 saturated carbocycles. The van der Waals surface area contributed by atoms with Crippen molar-refractivity contribution in [3.05, 3.63) is 29.6 Å². The Hall–Kier alpha value is -1.96. The molecule has 24 heavy (non-hydrogen) atoms. The molecule has 0 aromatic carbocycles. The van der Waals surface area contributed by atoms with Crippen LogP contribution in [0.15, 0.2) is 18.2 Å². The molecule has 1 aromatic rings. The first kappa shape index (κ1) is 18.4. The maximum absolute atomic E-state index is 12.5. The Balaban J connectivity index is 2.16. The molecule has 0 aliphatic carbocycles. The second kappa shape index (κ2) is 6.51. The quantitative estimate of drug-likeness (QED) is 0.870. The highest BCUT2D eigenvalue weighted by Gasteiger charge is 2.33. The zero-order valence-corrected chi connectivity index (χ0v) is 15.2. The van der Waals surface area contributed by atoms with Crippen molar-refractivity contribution in [2.75, 3.05) is 18.6 Å². The van der Waals surface area contributed by atoms with Gasteiger partial charge in [-0.2, -0.15) is 0 Å². The number of aromatic nitrogens is 1. The van der Waals surface area contributed by atoms with Gasteiger partial charge in [-0.3, -0.25) is 9.59 Å². The monoisotopic (exact) mass is 353 g/mol. The van der Waals surface area contributed by atoms with Crippen LogP contribution in [0.4, 0.5) is 0 Å². The predicted molar refractivity (Wildman–Crippen MR) is 90.6 cm³/mol. The van der Waals surface area contributed by atoms with Gasteiger partial charge in [0.15, 0.2) is 9.84 Å². The van der Waals surface area contributed by atoms with Gasteiger partial charge in [-0.05, 0) is 39.3 Å². The standard InChI is InChI=1S/C16H23N3O4S/c1-16(2,3)18-14(20)12-6-5-7-13(17-12)15(21)19(4)11-8-9-24(22,23)10-11/h5-7,11H,8-10H2,1-4H3,(H,18,20). The molecule has 0 spiro atoms. The number of nitrogens with zero attached hydrogens (tertiary/aromatic N) is 2. The highest BCUT2D eigenvalue weighted by atomic mass is 32.2. The summed E-state index contributed by atoms with van der Waals surface area (Å²) < 4.78 is 23.1. The summed E-state index contributed by atoms with van der Waals surface area (Å²) in [5, 5.41) is 2.79. The minimum Gasteiger partial charge on any atom is -0.346 e. The Morgan fingerprint density at radius 3 is 2.42 bits per heavy atom. The first-order valence-corrected chi connectivity index (χ1v) is 9.58. The summed E-state index contributed by atoms with van der Waals surface area (Å²) in [6, 6.07) is 4.31. The number of pyridine rings is 1. The smallest absolute Gasteiger partial charge is 0.272 e. The fourth-order valence-electron chi connectivity index (χ4n) is 2.51. The third-order valence-electron chi connectivity index (χ3n) is 3.77. The first-order chi connectivity index (χ1) is 11.0. The maximum Gasteiger partial charge on any atom is 0.272 e. The van der Waals surface area contributed by atoms with Crippen LogP contribution in [-0.2, 0) is 9.84 Å². The second-order valence-corrected chi connectivity index (χ2v) is 9.31. The van der Waals surface area contributed by atoms with Gasteiger partial charge >= 0.3 is 0 Å². The molecule has 7 nitrogen and oxygen atoms in total. The molecule has 1 N–H and O–H groups in total. The lowest BCUT2D eigenvalue weighted by atomic mass is 10.1. The van der Waals surface area contributed by atoms with E-state index in [1.807, 2.05) is 20.8 Å². The summed E-state index contributed by atoms with van der Waals surface area (Å²) in [6.07, 6.45) is 0.425. The zero-order valence-electron chi connectivity index (χ0n) is 14.4. The lowest BCUT2D eigenvalue weighted by Gasteiger charge is -2.23. The van der Waals surface area contributed by atoms with Crippen molar-refractivity contribution in [3.8, 4) is 0 Å². The summed E-state index contributed by atoms with van der Waals surface area (Å²) in [7, 11) is -1.51. The van der Waals surface area contributed by atoms with Crippen LogP contribution in [0.3, 0.4) is 0 Å². The molecule has 1 aliphatic rings. The topological polar surface area (TPSA) is 96.4 Å². The summed E-state index contributed by atoms with van der Waals surface area (Å²) in [5.41, 5.74) is -0.125. The van der Waals surface area contributed by atoms with Gasteiger partial charge in [0.25, 0.3) is 11.8 Å². The number of nitrogens with one attached hydrogen (secondary N) is 1.